The van der Waals surface area contributed by atoms with Gasteiger partial charge in [0.15, 0.2) is 0 Å². The first kappa shape index (κ1) is 13.2. The number of aliphatic hydroxyl groups is 1. The highest BCUT2D eigenvalue weighted by Gasteiger charge is 2.09. The number of rotatable bonds is 4. The summed E-state index contributed by atoms with van der Waals surface area (Å²) < 4.78 is 18.4. The van der Waals surface area contributed by atoms with E-state index in [1.807, 2.05) is 0 Å². The number of hydrogen-bond donors (Lipinski definition) is 1. The maximum absolute atomic E-state index is 13.6. The molecule has 0 unspecified atom stereocenters. The first-order valence-electron chi connectivity index (χ1n) is 5.34. The van der Waals surface area contributed by atoms with Crippen LogP contribution in [0.15, 0.2) is 24.5 Å². The van der Waals surface area contributed by atoms with Gasteiger partial charge in [0.2, 0.25) is 0 Å². The van der Waals surface area contributed by atoms with Gasteiger partial charge in [0.25, 0.3) is 0 Å². The van der Waals surface area contributed by atoms with Gasteiger partial charge in [-0.3, -0.25) is 4.79 Å². The van der Waals surface area contributed by atoms with Crippen LogP contribution in [0, 0.1) is 5.82 Å². The van der Waals surface area contributed by atoms with Crippen molar-refractivity contribution in [2.24, 2.45) is 0 Å². The second-order valence-electron chi connectivity index (χ2n) is 3.61. The molecule has 0 aliphatic heterocycles. The minimum Gasteiger partial charge on any atom is -0.515 e. The first-order chi connectivity index (χ1) is 8.08. The molecule has 0 saturated heterocycles. The largest absolute Gasteiger partial charge is 0.515 e. The molecule has 0 fully saturated rings. The van der Waals surface area contributed by atoms with E-state index in [4.69, 9.17) is 9.84 Å². The van der Waals surface area contributed by atoms with Crippen LogP contribution in [0.2, 0.25) is 0 Å². The molecule has 0 aliphatic rings. The molecule has 0 heterocycles. The number of halogens is 1. The molecule has 1 N–H and O–H groups in total. The standard InChI is InChI=1S/C13H15FO3/c1-3-17-13(16)7-10-4-5-11(9(2)8-15)12(14)6-10/h4-6,8,15H,3,7H2,1-2H3/b9-8-. The van der Waals surface area contributed by atoms with Gasteiger partial charge >= 0.3 is 5.97 Å². The highest BCUT2D eigenvalue weighted by Crippen LogP contribution is 2.19. The molecule has 1 aromatic carbocycles. The number of aliphatic hydroxyl groups excluding tert-OH is 1. The average Bonchev–Trinajstić information content (AvgIpc) is 2.28. The fourth-order valence-corrected chi connectivity index (χ4v) is 1.44. The van der Waals surface area contributed by atoms with Crippen molar-refractivity contribution in [3.63, 3.8) is 0 Å². The van der Waals surface area contributed by atoms with Crippen LogP contribution in [0.4, 0.5) is 4.39 Å². The lowest BCUT2D eigenvalue weighted by Crippen LogP contribution is -2.07. The van der Waals surface area contributed by atoms with Crippen LogP contribution in [0.5, 0.6) is 0 Å². The Bertz CT molecular complexity index is 438. The second-order valence-corrected chi connectivity index (χ2v) is 3.61. The van der Waals surface area contributed by atoms with E-state index >= 15 is 0 Å². The van der Waals surface area contributed by atoms with E-state index in [-0.39, 0.29) is 12.4 Å². The third-order valence-corrected chi connectivity index (χ3v) is 2.31. The number of esters is 1. The number of hydrogen-bond acceptors (Lipinski definition) is 3. The highest BCUT2D eigenvalue weighted by atomic mass is 19.1. The molecule has 92 valence electrons. The zero-order chi connectivity index (χ0) is 12.8. The number of allylic oxidation sites excluding steroid dienone is 1. The van der Waals surface area contributed by atoms with Crippen molar-refractivity contribution in [2.45, 2.75) is 20.3 Å². The summed E-state index contributed by atoms with van der Waals surface area (Å²) in [5.74, 6) is -0.844. The van der Waals surface area contributed by atoms with E-state index in [9.17, 15) is 9.18 Å². The van der Waals surface area contributed by atoms with Crippen molar-refractivity contribution in [1.29, 1.82) is 0 Å². The summed E-state index contributed by atoms with van der Waals surface area (Å²) in [6, 6.07) is 4.45. The third-order valence-electron chi connectivity index (χ3n) is 2.31. The van der Waals surface area contributed by atoms with Gasteiger partial charge < -0.3 is 9.84 Å². The topological polar surface area (TPSA) is 46.5 Å². The Balaban J connectivity index is 2.86. The van der Waals surface area contributed by atoms with Gasteiger partial charge in [0.05, 0.1) is 19.3 Å². The lowest BCUT2D eigenvalue weighted by molar-refractivity contribution is -0.142. The maximum atomic E-state index is 13.6. The Morgan fingerprint density at radius 3 is 2.76 bits per heavy atom. The Kier molecular flexibility index (Phi) is 4.69. The van der Waals surface area contributed by atoms with Gasteiger partial charge in [-0.05, 0) is 31.1 Å². The molecule has 1 aromatic rings. The molecule has 0 spiro atoms. The lowest BCUT2D eigenvalue weighted by atomic mass is 10.0. The van der Waals surface area contributed by atoms with Crippen molar-refractivity contribution in [3.05, 3.63) is 41.4 Å². The molecule has 1 rings (SSSR count). The third kappa shape index (κ3) is 3.59. The number of carbonyl (C=O) groups excluding carboxylic acids is 1. The molecule has 0 radical (unpaired) electrons. The summed E-state index contributed by atoms with van der Waals surface area (Å²) in [6.45, 7) is 3.63. The normalized spacial score (nSPS) is 11.4. The van der Waals surface area contributed by atoms with Gasteiger partial charge in [-0.25, -0.2) is 4.39 Å². The Morgan fingerprint density at radius 2 is 2.24 bits per heavy atom. The van der Waals surface area contributed by atoms with Crippen LogP contribution in [-0.4, -0.2) is 17.7 Å². The fraction of sp³-hybridized carbons (Fsp3) is 0.308. The van der Waals surface area contributed by atoms with Crippen LogP contribution in [-0.2, 0) is 16.0 Å². The summed E-state index contributed by atoms with van der Waals surface area (Å²) in [5, 5.41) is 8.79. The van der Waals surface area contributed by atoms with Crippen LogP contribution in [0.3, 0.4) is 0 Å². The molecule has 0 amide bonds. The molecular weight excluding hydrogens is 223 g/mol. The molecule has 17 heavy (non-hydrogen) atoms. The SMILES string of the molecule is CCOC(=O)Cc1ccc(/C(C)=C\O)c(F)c1. The van der Waals surface area contributed by atoms with E-state index in [0.29, 0.717) is 23.3 Å². The van der Waals surface area contributed by atoms with E-state index in [1.165, 1.54) is 12.1 Å². The zero-order valence-electron chi connectivity index (χ0n) is 9.87. The molecule has 0 atom stereocenters. The van der Waals surface area contributed by atoms with Crippen molar-refractivity contribution >= 4 is 11.5 Å². The fourth-order valence-electron chi connectivity index (χ4n) is 1.44. The molecule has 4 heteroatoms. The average molecular weight is 238 g/mol. The minimum absolute atomic E-state index is 0.0485. The van der Waals surface area contributed by atoms with Crippen molar-refractivity contribution in [2.75, 3.05) is 6.61 Å². The number of carbonyl (C=O) groups is 1. The van der Waals surface area contributed by atoms with Crippen LogP contribution < -0.4 is 0 Å². The molecule has 0 aromatic heterocycles. The zero-order valence-corrected chi connectivity index (χ0v) is 9.87. The quantitative estimate of drug-likeness (QED) is 0.648. The van der Waals surface area contributed by atoms with Crippen LogP contribution in [0.1, 0.15) is 25.0 Å². The van der Waals surface area contributed by atoms with E-state index in [1.54, 1.807) is 19.9 Å². The van der Waals surface area contributed by atoms with E-state index in [2.05, 4.69) is 0 Å². The van der Waals surface area contributed by atoms with Crippen molar-refractivity contribution in [3.8, 4) is 0 Å². The maximum Gasteiger partial charge on any atom is 0.310 e. The van der Waals surface area contributed by atoms with Gasteiger partial charge in [-0.15, -0.1) is 0 Å². The first-order valence-corrected chi connectivity index (χ1v) is 5.34. The molecule has 0 bridgehead atoms. The van der Waals surface area contributed by atoms with E-state index < -0.39 is 5.82 Å². The summed E-state index contributed by atoms with van der Waals surface area (Å²) in [7, 11) is 0. The van der Waals surface area contributed by atoms with Gasteiger partial charge in [0.1, 0.15) is 5.82 Å². The van der Waals surface area contributed by atoms with Gasteiger partial charge in [0, 0.05) is 5.56 Å². The molecular formula is C13H15FO3. The summed E-state index contributed by atoms with van der Waals surface area (Å²) in [6.07, 6.45) is 0.899. The molecule has 0 aliphatic carbocycles. The van der Waals surface area contributed by atoms with Crippen molar-refractivity contribution < 1.29 is 19.0 Å². The van der Waals surface area contributed by atoms with Crippen LogP contribution >= 0.6 is 0 Å². The number of benzene rings is 1. The second kappa shape index (κ2) is 6.03. The van der Waals surface area contributed by atoms with Crippen molar-refractivity contribution in [1.82, 2.24) is 0 Å². The van der Waals surface area contributed by atoms with Gasteiger partial charge in [-0.1, -0.05) is 12.1 Å². The lowest BCUT2D eigenvalue weighted by Gasteiger charge is -2.06. The minimum atomic E-state index is -0.463. The Morgan fingerprint density at radius 1 is 1.53 bits per heavy atom. The Labute approximate surface area is 99.5 Å². The van der Waals surface area contributed by atoms with E-state index in [0.717, 1.165) is 6.26 Å². The van der Waals surface area contributed by atoms with Crippen LogP contribution in [0.25, 0.3) is 5.57 Å². The monoisotopic (exact) mass is 238 g/mol. The van der Waals surface area contributed by atoms with Gasteiger partial charge in [-0.2, -0.15) is 0 Å². The predicted octanol–water partition coefficient (Wildman–Crippen LogP) is 2.85. The predicted molar refractivity (Wildman–Crippen MR) is 63.0 cm³/mol. The Hall–Kier alpha value is -1.84. The molecule has 0 saturated carbocycles. The molecule has 3 nitrogen and oxygen atoms in total. The summed E-state index contributed by atoms with van der Waals surface area (Å²) >= 11 is 0. The highest BCUT2D eigenvalue weighted by molar-refractivity contribution is 5.73. The summed E-state index contributed by atoms with van der Waals surface area (Å²) in [5.41, 5.74) is 1.31. The number of ether oxygens (including phenoxy) is 1. The smallest absolute Gasteiger partial charge is 0.310 e. The summed E-state index contributed by atoms with van der Waals surface area (Å²) in [4.78, 5) is 11.2.